The van der Waals surface area contributed by atoms with E-state index in [0.29, 0.717) is 18.1 Å². The van der Waals surface area contributed by atoms with E-state index in [1.807, 2.05) is 0 Å². The number of piperidine rings is 1. The van der Waals surface area contributed by atoms with Gasteiger partial charge in [-0.05, 0) is 32.6 Å². The van der Waals surface area contributed by atoms with Crippen molar-refractivity contribution < 1.29 is 4.21 Å². The van der Waals surface area contributed by atoms with Crippen molar-refractivity contribution in [3.05, 3.63) is 0 Å². The lowest BCUT2D eigenvalue weighted by Gasteiger charge is -2.42. The molecule has 0 aromatic heterocycles. The third-order valence-corrected chi connectivity index (χ3v) is 5.18. The third-order valence-electron chi connectivity index (χ3n) is 3.79. The van der Waals surface area contributed by atoms with E-state index in [0.717, 1.165) is 43.7 Å². The van der Waals surface area contributed by atoms with Crippen molar-refractivity contribution in [2.75, 3.05) is 18.1 Å². The lowest BCUT2D eigenvalue weighted by Crippen LogP contribution is -2.51. The first-order valence-electron chi connectivity index (χ1n) is 6.03. The Hall–Kier alpha value is 0.0700. The Balaban J connectivity index is 1.90. The molecule has 3 nitrogen and oxygen atoms in total. The van der Waals surface area contributed by atoms with Crippen molar-refractivity contribution in [3.63, 3.8) is 0 Å². The molecule has 0 aliphatic carbocycles. The summed E-state index contributed by atoms with van der Waals surface area (Å²) in [5, 5.41) is 0. The summed E-state index contributed by atoms with van der Waals surface area (Å²) in [6, 6.07) is 1.68. The molecule has 2 fully saturated rings. The predicted molar refractivity (Wildman–Crippen MR) is 64.3 cm³/mol. The molecule has 4 heteroatoms. The second-order valence-electron chi connectivity index (χ2n) is 4.95. The van der Waals surface area contributed by atoms with Gasteiger partial charge in [0.2, 0.25) is 0 Å². The standard InChI is InChI=1S/C11H22N2OS/c1-9-8-10(12)2-5-13(9)11-3-6-15(14)7-4-11/h9-11H,2-8,12H2,1H3. The molecule has 2 atom stereocenters. The maximum absolute atomic E-state index is 11.3. The number of rotatable bonds is 1. The Labute approximate surface area is 94.9 Å². The summed E-state index contributed by atoms with van der Waals surface area (Å²) in [5.41, 5.74) is 5.96. The third kappa shape index (κ3) is 2.80. The van der Waals surface area contributed by atoms with E-state index < -0.39 is 10.8 Å². The van der Waals surface area contributed by atoms with E-state index in [-0.39, 0.29) is 0 Å². The van der Waals surface area contributed by atoms with Gasteiger partial charge in [0.05, 0.1) is 0 Å². The summed E-state index contributed by atoms with van der Waals surface area (Å²) in [5.74, 6) is 1.81. The first-order chi connectivity index (χ1) is 7.16. The molecule has 2 N–H and O–H groups in total. The molecule has 0 aromatic rings. The summed E-state index contributed by atoms with van der Waals surface area (Å²) < 4.78 is 11.3. The van der Waals surface area contributed by atoms with Crippen molar-refractivity contribution in [1.29, 1.82) is 0 Å². The van der Waals surface area contributed by atoms with Gasteiger partial charge in [0.15, 0.2) is 0 Å². The molecule has 88 valence electrons. The van der Waals surface area contributed by atoms with Crippen LogP contribution in [0.25, 0.3) is 0 Å². The van der Waals surface area contributed by atoms with Gasteiger partial charge in [-0.15, -0.1) is 0 Å². The van der Waals surface area contributed by atoms with Crippen LogP contribution in [-0.4, -0.2) is 45.3 Å². The molecule has 2 aliphatic rings. The van der Waals surface area contributed by atoms with Crippen LogP contribution >= 0.6 is 0 Å². The van der Waals surface area contributed by atoms with Crippen molar-refractivity contribution in [3.8, 4) is 0 Å². The fourth-order valence-electron chi connectivity index (χ4n) is 2.88. The molecule has 0 radical (unpaired) electrons. The lowest BCUT2D eigenvalue weighted by atomic mass is 9.95. The Morgan fingerprint density at radius 2 is 1.93 bits per heavy atom. The van der Waals surface area contributed by atoms with Crippen molar-refractivity contribution >= 4 is 10.8 Å². The van der Waals surface area contributed by atoms with Gasteiger partial charge in [-0.1, -0.05) is 0 Å². The average Bonchev–Trinajstić information content (AvgIpc) is 2.20. The molecule has 2 rings (SSSR count). The van der Waals surface area contributed by atoms with E-state index in [4.69, 9.17) is 5.73 Å². The largest absolute Gasteiger partial charge is 0.328 e. The van der Waals surface area contributed by atoms with Gasteiger partial charge in [-0.2, -0.15) is 0 Å². The van der Waals surface area contributed by atoms with Gasteiger partial charge in [0.1, 0.15) is 0 Å². The molecular formula is C11H22N2OS. The molecule has 0 spiro atoms. The Bertz CT molecular complexity index is 237. The summed E-state index contributed by atoms with van der Waals surface area (Å²) in [6.45, 7) is 3.42. The second kappa shape index (κ2) is 4.93. The van der Waals surface area contributed by atoms with Gasteiger partial charge in [-0.3, -0.25) is 9.11 Å². The summed E-state index contributed by atoms with van der Waals surface area (Å²) in [4.78, 5) is 2.60. The Kier molecular flexibility index (Phi) is 3.80. The molecule has 2 unspecified atom stereocenters. The van der Waals surface area contributed by atoms with Gasteiger partial charge < -0.3 is 5.73 Å². The van der Waals surface area contributed by atoms with E-state index in [9.17, 15) is 4.21 Å². The molecule has 0 amide bonds. The SMILES string of the molecule is CC1CC(N)CCN1C1CCS(=O)CC1. The highest BCUT2D eigenvalue weighted by atomic mass is 32.2. The van der Waals surface area contributed by atoms with Crippen LogP contribution < -0.4 is 5.73 Å². The summed E-state index contributed by atoms with van der Waals surface area (Å²) in [7, 11) is -0.535. The number of nitrogens with two attached hydrogens (primary N) is 1. The minimum absolute atomic E-state index is 0.397. The fraction of sp³-hybridized carbons (Fsp3) is 1.00. The monoisotopic (exact) mass is 230 g/mol. The van der Waals surface area contributed by atoms with Gasteiger partial charge in [0.25, 0.3) is 0 Å². The Morgan fingerprint density at radius 3 is 2.53 bits per heavy atom. The van der Waals surface area contributed by atoms with Gasteiger partial charge in [0, 0.05) is 47.0 Å². The van der Waals surface area contributed by atoms with Crippen LogP contribution in [0, 0.1) is 0 Å². The zero-order valence-corrected chi connectivity index (χ0v) is 10.3. The van der Waals surface area contributed by atoms with Crippen molar-refractivity contribution in [2.45, 2.75) is 50.7 Å². The van der Waals surface area contributed by atoms with Crippen LogP contribution in [0.4, 0.5) is 0 Å². The van der Waals surface area contributed by atoms with Crippen LogP contribution in [0.2, 0.25) is 0 Å². The predicted octanol–water partition coefficient (Wildman–Crippen LogP) is 0.709. The number of hydrogen-bond donors (Lipinski definition) is 1. The average molecular weight is 230 g/mol. The minimum Gasteiger partial charge on any atom is -0.328 e. The molecule has 0 aromatic carbocycles. The van der Waals surface area contributed by atoms with Crippen LogP contribution in [0.5, 0.6) is 0 Å². The molecule has 15 heavy (non-hydrogen) atoms. The number of nitrogens with zero attached hydrogens (tertiary/aromatic N) is 1. The first-order valence-corrected chi connectivity index (χ1v) is 7.52. The zero-order chi connectivity index (χ0) is 10.8. The highest BCUT2D eigenvalue weighted by Crippen LogP contribution is 2.24. The van der Waals surface area contributed by atoms with Crippen LogP contribution in [0.3, 0.4) is 0 Å². The molecule has 2 aliphatic heterocycles. The molecule has 2 heterocycles. The van der Waals surface area contributed by atoms with Gasteiger partial charge >= 0.3 is 0 Å². The topological polar surface area (TPSA) is 46.3 Å². The number of hydrogen-bond acceptors (Lipinski definition) is 3. The molecular weight excluding hydrogens is 208 g/mol. The van der Waals surface area contributed by atoms with Crippen molar-refractivity contribution in [2.24, 2.45) is 5.73 Å². The smallest absolute Gasteiger partial charge is 0.0249 e. The van der Waals surface area contributed by atoms with Crippen LogP contribution in [-0.2, 0) is 10.8 Å². The Morgan fingerprint density at radius 1 is 1.27 bits per heavy atom. The van der Waals surface area contributed by atoms with Crippen LogP contribution in [0.15, 0.2) is 0 Å². The van der Waals surface area contributed by atoms with E-state index in [2.05, 4.69) is 11.8 Å². The minimum atomic E-state index is -0.535. The molecule has 0 saturated carbocycles. The van der Waals surface area contributed by atoms with Crippen molar-refractivity contribution in [1.82, 2.24) is 4.90 Å². The van der Waals surface area contributed by atoms with E-state index in [1.165, 1.54) is 0 Å². The second-order valence-corrected chi connectivity index (χ2v) is 6.65. The molecule has 0 bridgehead atoms. The van der Waals surface area contributed by atoms with Gasteiger partial charge in [-0.25, -0.2) is 0 Å². The number of likely N-dealkylation sites (tertiary alicyclic amines) is 1. The lowest BCUT2D eigenvalue weighted by molar-refractivity contribution is 0.0901. The zero-order valence-electron chi connectivity index (χ0n) is 9.52. The van der Waals surface area contributed by atoms with E-state index in [1.54, 1.807) is 0 Å². The summed E-state index contributed by atoms with van der Waals surface area (Å²) >= 11 is 0. The maximum Gasteiger partial charge on any atom is 0.0249 e. The maximum atomic E-state index is 11.3. The fourth-order valence-corrected chi connectivity index (χ4v) is 4.16. The highest BCUT2D eigenvalue weighted by molar-refractivity contribution is 7.85. The first kappa shape index (κ1) is 11.6. The van der Waals surface area contributed by atoms with E-state index >= 15 is 0 Å². The summed E-state index contributed by atoms with van der Waals surface area (Å²) in [6.07, 6.45) is 4.49. The normalized spacial score (nSPS) is 44.1. The van der Waals surface area contributed by atoms with Crippen LogP contribution in [0.1, 0.15) is 32.6 Å². The molecule has 2 saturated heterocycles. The quantitative estimate of drug-likeness (QED) is 0.721. The highest BCUT2D eigenvalue weighted by Gasteiger charge is 2.30.